The Morgan fingerprint density at radius 3 is 2.35 bits per heavy atom. The second kappa shape index (κ2) is 7.27. The molecule has 0 bridgehead atoms. The average Bonchev–Trinajstić information content (AvgIpc) is 3.32. The van der Waals surface area contributed by atoms with Crippen molar-refractivity contribution in [2.24, 2.45) is 7.05 Å². The lowest BCUT2D eigenvalue weighted by atomic mass is 10.3. The summed E-state index contributed by atoms with van der Waals surface area (Å²) in [5, 5.41) is 6.50. The molecule has 0 saturated heterocycles. The molecule has 0 atom stereocenters. The van der Waals surface area contributed by atoms with Gasteiger partial charge in [-0.05, 0) is 36.4 Å². The van der Waals surface area contributed by atoms with Crippen LogP contribution in [0.4, 0.5) is 18.9 Å². The van der Waals surface area contributed by atoms with Crippen molar-refractivity contribution in [2.45, 2.75) is 11.1 Å². The van der Waals surface area contributed by atoms with E-state index in [1.165, 1.54) is 37.5 Å². The quantitative estimate of drug-likeness (QED) is 0.513. The minimum Gasteiger partial charge on any atom is -0.321 e. The number of nitrogens with one attached hydrogen (secondary N) is 1. The number of carbonyl (C=O) groups is 1. The van der Waals surface area contributed by atoms with Crippen LogP contribution in [-0.4, -0.2) is 28.1 Å². The van der Waals surface area contributed by atoms with E-state index in [4.69, 9.17) is 0 Å². The first-order chi connectivity index (χ1) is 14.6. The van der Waals surface area contributed by atoms with Crippen molar-refractivity contribution in [3.63, 3.8) is 0 Å². The van der Waals surface area contributed by atoms with Gasteiger partial charge in [-0.15, -0.1) is 0 Å². The van der Waals surface area contributed by atoms with Gasteiger partial charge in [0.1, 0.15) is 5.69 Å². The Labute approximate surface area is 174 Å². The molecule has 0 aliphatic rings. The molecule has 2 aromatic carbocycles. The Bertz CT molecular complexity index is 1390. The molecule has 11 heteroatoms. The minimum absolute atomic E-state index is 0.00765. The summed E-state index contributed by atoms with van der Waals surface area (Å²) in [6.45, 7) is 0. The molecule has 4 rings (SSSR count). The number of carbonyl (C=O) groups excluding carboxylic acids is 1. The van der Waals surface area contributed by atoms with Crippen molar-refractivity contribution in [3.8, 4) is 0 Å². The Kier molecular flexibility index (Phi) is 4.85. The summed E-state index contributed by atoms with van der Waals surface area (Å²) in [5.74, 6) is -0.808. The smallest absolute Gasteiger partial charge is 0.321 e. The second-order valence-corrected chi connectivity index (χ2v) is 8.51. The summed E-state index contributed by atoms with van der Waals surface area (Å²) >= 11 is 0. The lowest BCUT2D eigenvalue weighted by molar-refractivity contribution is -0.141. The first kappa shape index (κ1) is 20.7. The maximum Gasteiger partial charge on any atom is 0.435 e. The van der Waals surface area contributed by atoms with E-state index in [-0.39, 0.29) is 16.3 Å². The van der Waals surface area contributed by atoms with Gasteiger partial charge in [0.25, 0.3) is 15.9 Å². The van der Waals surface area contributed by atoms with E-state index in [1.807, 2.05) is 0 Å². The normalized spacial score (nSPS) is 12.3. The highest BCUT2D eigenvalue weighted by atomic mass is 32.2. The van der Waals surface area contributed by atoms with Gasteiger partial charge in [0.05, 0.1) is 10.4 Å². The minimum atomic E-state index is -4.67. The highest BCUT2D eigenvalue weighted by Crippen LogP contribution is 2.28. The van der Waals surface area contributed by atoms with Gasteiger partial charge in [-0.3, -0.25) is 9.48 Å². The number of alkyl halides is 3. The third-order valence-electron chi connectivity index (χ3n) is 4.64. The topological polar surface area (TPSA) is 86.0 Å². The summed E-state index contributed by atoms with van der Waals surface area (Å²) in [4.78, 5) is 12.3. The van der Waals surface area contributed by atoms with E-state index in [1.54, 1.807) is 30.3 Å². The SMILES string of the molecule is Cn1nc(C(F)(F)F)cc1C(=O)Nc1ccc(S(=O)(=O)n2ccc3ccccc32)cc1. The highest BCUT2D eigenvalue weighted by Gasteiger charge is 2.35. The molecule has 31 heavy (non-hydrogen) atoms. The van der Waals surface area contributed by atoms with Crippen LogP contribution in [0.2, 0.25) is 0 Å². The van der Waals surface area contributed by atoms with Crippen LogP contribution in [0.5, 0.6) is 0 Å². The van der Waals surface area contributed by atoms with E-state index in [2.05, 4.69) is 10.4 Å². The van der Waals surface area contributed by atoms with Crippen LogP contribution < -0.4 is 5.32 Å². The lowest BCUT2D eigenvalue weighted by Crippen LogP contribution is -2.16. The van der Waals surface area contributed by atoms with E-state index in [9.17, 15) is 26.4 Å². The summed E-state index contributed by atoms with van der Waals surface area (Å²) in [7, 11) is -2.65. The molecule has 0 saturated carbocycles. The van der Waals surface area contributed by atoms with Crippen LogP contribution in [0.25, 0.3) is 10.9 Å². The molecule has 2 heterocycles. The molecular weight excluding hydrogens is 433 g/mol. The Morgan fingerprint density at radius 1 is 1.03 bits per heavy atom. The van der Waals surface area contributed by atoms with Gasteiger partial charge in [0, 0.05) is 30.4 Å². The third-order valence-corrected chi connectivity index (χ3v) is 6.34. The van der Waals surface area contributed by atoms with Crippen LogP contribution in [0.3, 0.4) is 0 Å². The number of fused-ring (bicyclic) bond motifs is 1. The predicted octanol–water partition coefficient (Wildman–Crippen LogP) is 3.88. The van der Waals surface area contributed by atoms with E-state index >= 15 is 0 Å². The third kappa shape index (κ3) is 3.79. The van der Waals surface area contributed by atoms with Gasteiger partial charge >= 0.3 is 6.18 Å². The Hall–Kier alpha value is -3.60. The fraction of sp³-hybridized carbons (Fsp3) is 0.100. The summed E-state index contributed by atoms with van der Waals surface area (Å²) in [6, 6.07) is 14.7. The fourth-order valence-corrected chi connectivity index (χ4v) is 4.46. The number of para-hydroxylation sites is 1. The molecule has 0 aliphatic heterocycles. The van der Waals surface area contributed by atoms with E-state index < -0.39 is 27.8 Å². The molecule has 7 nitrogen and oxygen atoms in total. The summed E-state index contributed by atoms with van der Waals surface area (Å²) in [5.41, 5.74) is -0.726. The number of hydrogen-bond donors (Lipinski definition) is 1. The maximum atomic E-state index is 13.0. The molecule has 1 N–H and O–H groups in total. The van der Waals surface area contributed by atoms with Crippen LogP contribution in [0.15, 0.2) is 71.8 Å². The number of hydrogen-bond acceptors (Lipinski definition) is 4. The number of rotatable bonds is 4. The lowest BCUT2D eigenvalue weighted by Gasteiger charge is -2.09. The summed E-state index contributed by atoms with van der Waals surface area (Å²) < 4.78 is 66.2. The monoisotopic (exact) mass is 448 g/mol. The van der Waals surface area contributed by atoms with Crippen LogP contribution in [-0.2, 0) is 23.2 Å². The van der Waals surface area contributed by atoms with Gasteiger partial charge in [0.15, 0.2) is 5.69 Å². The number of aryl methyl sites for hydroxylation is 1. The van der Waals surface area contributed by atoms with Gasteiger partial charge in [-0.1, -0.05) is 18.2 Å². The fourth-order valence-electron chi connectivity index (χ4n) is 3.10. The van der Waals surface area contributed by atoms with Crippen molar-refractivity contribution >= 4 is 32.5 Å². The van der Waals surface area contributed by atoms with Crippen LogP contribution >= 0.6 is 0 Å². The molecule has 0 radical (unpaired) electrons. The number of nitrogens with zero attached hydrogens (tertiary/aromatic N) is 3. The zero-order valence-electron chi connectivity index (χ0n) is 16.0. The predicted molar refractivity (Wildman–Crippen MR) is 107 cm³/mol. The molecular formula is C20H15F3N4O3S. The zero-order chi connectivity index (χ0) is 22.4. The second-order valence-electron chi connectivity index (χ2n) is 6.69. The molecule has 2 aromatic heterocycles. The Morgan fingerprint density at radius 2 is 1.71 bits per heavy atom. The zero-order valence-corrected chi connectivity index (χ0v) is 16.8. The highest BCUT2D eigenvalue weighted by molar-refractivity contribution is 7.90. The number of amides is 1. The largest absolute Gasteiger partial charge is 0.435 e. The molecule has 1 amide bonds. The maximum absolute atomic E-state index is 13.0. The molecule has 0 fully saturated rings. The van der Waals surface area contributed by atoms with Crippen molar-refractivity contribution in [2.75, 3.05) is 5.32 Å². The van der Waals surface area contributed by atoms with Crippen molar-refractivity contribution < 1.29 is 26.4 Å². The Balaban J connectivity index is 1.57. The molecule has 0 aliphatic carbocycles. The first-order valence-corrected chi connectivity index (χ1v) is 10.4. The van der Waals surface area contributed by atoms with Crippen molar-refractivity contribution in [1.82, 2.24) is 13.8 Å². The van der Waals surface area contributed by atoms with Crippen LogP contribution in [0.1, 0.15) is 16.2 Å². The summed E-state index contributed by atoms with van der Waals surface area (Å²) in [6.07, 6.45) is -3.22. The van der Waals surface area contributed by atoms with E-state index in [0.717, 1.165) is 14.0 Å². The van der Waals surface area contributed by atoms with Crippen molar-refractivity contribution in [3.05, 3.63) is 78.2 Å². The molecule has 0 unspecified atom stereocenters. The van der Waals surface area contributed by atoms with Gasteiger partial charge in [-0.2, -0.15) is 18.3 Å². The van der Waals surface area contributed by atoms with Crippen LogP contribution in [0, 0.1) is 0 Å². The standard InChI is InChI=1S/C20H15F3N4O3S/c1-26-17(12-18(25-26)20(21,22)23)19(28)24-14-6-8-15(9-7-14)31(29,30)27-11-10-13-4-2-3-5-16(13)27/h2-12H,1H3,(H,24,28). The van der Waals surface area contributed by atoms with Gasteiger partial charge in [0.2, 0.25) is 0 Å². The van der Waals surface area contributed by atoms with E-state index in [0.29, 0.717) is 11.6 Å². The number of aromatic nitrogens is 3. The van der Waals surface area contributed by atoms with Gasteiger partial charge < -0.3 is 5.32 Å². The molecule has 0 spiro atoms. The van der Waals surface area contributed by atoms with Crippen molar-refractivity contribution in [1.29, 1.82) is 0 Å². The number of benzene rings is 2. The number of anilines is 1. The first-order valence-electron chi connectivity index (χ1n) is 8.92. The number of halogens is 3. The average molecular weight is 448 g/mol. The molecule has 4 aromatic rings. The molecule has 160 valence electrons. The van der Waals surface area contributed by atoms with Gasteiger partial charge in [-0.25, -0.2) is 12.4 Å².